The van der Waals surface area contributed by atoms with E-state index >= 15 is 0 Å². The number of aryl methyl sites for hydroxylation is 1. The molecule has 0 aliphatic rings. The predicted octanol–water partition coefficient (Wildman–Crippen LogP) is 1.93. The molecule has 17 heavy (non-hydrogen) atoms. The molecule has 6 heteroatoms. The molecule has 2 heterocycles. The maximum atomic E-state index is 10.3. The summed E-state index contributed by atoms with van der Waals surface area (Å²) in [7, 11) is 0. The predicted molar refractivity (Wildman–Crippen MR) is 66.3 cm³/mol. The summed E-state index contributed by atoms with van der Waals surface area (Å²) in [5.41, 5.74) is 0.693. The minimum absolute atomic E-state index is 0.381. The highest BCUT2D eigenvalue weighted by Crippen LogP contribution is 2.26. The van der Waals surface area contributed by atoms with E-state index in [2.05, 4.69) is 37.9 Å². The van der Waals surface area contributed by atoms with Crippen LogP contribution in [0.3, 0.4) is 0 Å². The van der Waals surface area contributed by atoms with E-state index in [0.29, 0.717) is 11.5 Å². The average Bonchev–Trinajstić information content (AvgIpc) is 2.71. The molecule has 5 nitrogen and oxygen atoms in total. The normalized spacial score (nSPS) is 12.6. The Morgan fingerprint density at radius 3 is 2.76 bits per heavy atom. The second-order valence-electron chi connectivity index (χ2n) is 3.61. The Hall–Kier alpha value is -1.27. The van der Waals surface area contributed by atoms with Crippen molar-refractivity contribution in [1.82, 2.24) is 19.7 Å². The van der Waals surface area contributed by atoms with Gasteiger partial charge in [0.1, 0.15) is 0 Å². The molecule has 0 bridgehead atoms. The Kier molecular flexibility index (Phi) is 3.86. The number of aliphatic hydroxyl groups is 1. The molecule has 0 fully saturated rings. The number of aliphatic hydroxyl groups excluding tert-OH is 1. The third-order valence-corrected chi connectivity index (χ3v) is 2.97. The van der Waals surface area contributed by atoms with E-state index in [-0.39, 0.29) is 0 Å². The first kappa shape index (κ1) is 12.2. The molecule has 0 aliphatic carbocycles. The van der Waals surface area contributed by atoms with Gasteiger partial charge in [-0.25, -0.2) is 9.97 Å². The highest BCUT2D eigenvalue weighted by atomic mass is 79.9. The van der Waals surface area contributed by atoms with Gasteiger partial charge in [0.15, 0.2) is 11.9 Å². The molecule has 1 atom stereocenters. The zero-order valence-electron chi connectivity index (χ0n) is 9.41. The van der Waals surface area contributed by atoms with Gasteiger partial charge < -0.3 is 5.11 Å². The molecule has 0 aliphatic heterocycles. The topological polar surface area (TPSA) is 63.8 Å². The summed E-state index contributed by atoms with van der Waals surface area (Å²) >= 11 is 3.39. The van der Waals surface area contributed by atoms with E-state index in [1.54, 1.807) is 29.3 Å². The number of aromatic nitrogens is 4. The minimum Gasteiger partial charge on any atom is -0.379 e. The van der Waals surface area contributed by atoms with Crippen LogP contribution in [0.1, 0.15) is 31.0 Å². The Morgan fingerprint density at radius 1 is 1.41 bits per heavy atom. The van der Waals surface area contributed by atoms with E-state index in [4.69, 9.17) is 0 Å². The summed E-state index contributed by atoms with van der Waals surface area (Å²) < 4.78 is 2.54. The molecule has 2 aromatic heterocycles. The Balaban J connectivity index is 2.36. The van der Waals surface area contributed by atoms with Crippen molar-refractivity contribution in [2.75, 3.05) is 0 Å². The van der Waals surface area contributed by atoms with Gasteiger partial charge in [-0.1, -0.05) is 6.92 Å². The van der Waals surface area contributed by atoms with E-state index in [1.807, 2.05) is 0 Å². The van der Waals surface area contributed by atoms with Crippen molar-refractivity contribution in [3.05, 3.63) is 40.6 Å². The van der Waals surface area contributed by atoms with Crippen molar-refractivity contribution >= 4 is 15.9 Å². The van der Waals surface area contributed by atoms with Gasteiger partial charge in [0.05, 0.1) is 16.4 Å². The fourth-order valence-corrected chi connectivity index (χ4v) is 2.12. The maximum Gasteiger partial charge on any atom is 0.163 e. The van der Waals surface area contributed by atoms with E-state index < -0.39 is 6.10 Å². The number of halogens is 1. The van der Waals surface area contributed by atoms with Crippen molar-refractivity contribution in [3.8, 4) is 0 Å². The molecule has 0 saturated carbocycles. The van der Waals surface area contributed by atoms with Gasteiger partial charge in [0.2, 0.25) is 0 Å². The largest absolute Gasteiger partial charge is 0.379 e. The van der Waals surface area contributed by atoms with Crippen LogP contribution >= 0.6 is 15.9 Å². The zero-order chi connectivity index (χ0) is 12.3. The molecule has 1 N–H and O–H groups in total. The van der Waals surface area contributed by atoms with E-state index in [1.165, 1.54) is 0 Å². The van der Waals surface area contributed by atoms with Crippen LogP contribution in [0.4, 0.5) is 0 Å². The summed E-state index contributed by atoms with van der Waals surface area (Å²) in [5, 5.41) is 14.5. The number of rotatable bonds is 4. The summed E-state index contributed by atoms with van der Waals surface area (Å²) in [6.45, 7) is 2.82. The molecule has 0 aromatic carbocycles. The van der Waals surface area contributed by atoms with Crippen LogP contribution in [-0.2, 0) is 6.54 Å². The molecular weight excluding hydrogens is 284 g/mol. The molecule has 0 saturated heterocycles. The Bertz CT molecular complexity index is 485. The minimum atomic E-state index is -0.861. The smallest absolute Gasteiger partial charge is 0.163 e. The van der Waals surface area contributed by atoms with Crippen LogP contribution in [0.15, 0.2) is 29.1 Å². The SMILES string of the molecule is CCCn1ncc(Br)c1C(O)c1ncccn1. The van der Waals surface area contributed by atoms with Crippen LogP contribution in [0, 0.1) is 0 Å². The maximum absolute atomic E-state index is 10.3. The lowest BCUT2D eigenvalue weighted by Crippen LogP contribution is -2.12. The monoisotopic (exact) mass is 296 g/mol. The van der Waals surface area contributed by atoms with E-state index in [9.17, 15) is 5.11 Å². The summed E-state index contributed by atoms with van der Waals surface area (Å²) in [6, 6.07) is 1.72. The van der Waals surface area contributed by atoms with Gasteiger partial charge in [-0.3, -0.25) is 4.68 Å². The first-order valence-corrected chi connectivity index (χ1v) is 6.19. The molecule has 90 valence electrons. The second kappa shape index (κ2) is 5.37. The molecular formula is C11H13BrN4O. The first-order chi connectivity index (χ1) is 8.24. The second-order valence-corrected chi connectivity index (χ2v) is 4.46. The van der Waals surface area contributed by atoms with Crippen LogP contribution in [0.5, 0.6) is 0 Å². The summed E-state index contributed by atoms with van der Waals surface area (Å²) in [6.07, 6.45) is 4.99. The average molecular weight is 297 g/mol. The molecule has 2 rings (SSSR count). The highest BCUT2D eigenvalue weighted by Gasteiger charge is 2.21. The van der Waals surface area contributed by atoms with Crippen molar-refractivity contribution in [1.29, 1.82) is 0 Å². The molecule has 0 amide bonds. The number of hydrogen-bond acceptors (Lipinski definition) is 4. The zero-order valence-corrected chi connectivity index (χ0v) is 11.0. The number of nitrogens with zero attached hydrogens (tertiary/aromatic N) is 4. The standard InChI is InChI=1S/C11H13BrN4O/c1-2-6-16-9(8(12)7-15-16)10(17)11-13-4-3-5-14-11/h3-5,7,10,17H,2,6H2,1H3. The van der Waals surface area contributed by atoms with Crippen molar-refractivity contribution < 1.29 is 5.11 Å². The van der Waals surface area contributed by atoms with Crippen molar-refractivity contribution in [2.45, 2.75) is 26.0 Å². The van der Waals surface area contributed by atoms with Crippen LogP contribution in [0.2, 0.25) is 0 Å². The van der Waals surface area contributed by atoms with Crippen molar-refractivity contribution in [3.63, 3.8) is 0 Å². The Morgan fingerprint density at radius 2 is 2.12 bits per heavy atom. The third kappa shape index (κ3) is 2.53. The van der Waals surface area contributed by atoms with Crippen molar-refractivity contribution in [2.24, 2.45) is 0 Å². The van der Waals surface area contributed by atoms with Crippen LogP contribution in [0.25, 0.3) is 0 Å². The first-order valence-electron chi connectivity index (χ1n) is 5.40. The van der Waals surface area contributed by atoms with Crippen LogP contribution < -0.4 is 0 Å². The summed E-state index contributed by atoms with van der Waals surface area (Å²) in [5.74, 6) is 0.381. The lowest BCUT2D eigenvalue weighted by molar-refractivity contribution is 0.196. The van der Waals surface area contributed by atoms with Gasteiger partial charge in [-0.05, 0) is 28.4 Å². The fourth-order valence-electron chi connectivity index (χ4n) is 1.61. The lowest BCUT2D eigenvalue weighted by atomic mass is 10.2. The summed E-state index contributed by atoms with van der Waals surface area (Å²) in [4.78, 5) is 8.11. The molecule has 0 spiro atoms. The van der Waals surface area contributed by atoms with E-state index in [0.717, 1.165) is 17.4 Å². The lowest BCUT2D eigenvalue weighted by Gasteiger charge is -2.12. The van der Waals surface area contributed by atoms with Gasteiger partial charge in [0, 0.05) is 18.9 Å². The van der Waals surface area contributed by atoms with Gasteiger partial charge in [-0.2, -0.15) is 5.10 Å². The van der Waals surface area contributed by atoms with Gasteiger partial charge in [0.25, 0.3) is 0 Å². The fraction of sp³-hybridized carbons (Fsp3) is 0.364. The molecule has 2 aromatic rings. The number of hydrogen-bond donors (Lipinski definition) is 1. The molecule has 0 radical (unpaired) electrons. The van der Waals surface area contributed by atoms with Gasteiger partial charge >= 0.3 is 0 Å². The Labute approximate surface area is 108 Å². The third-order valence-electron chi connectivity index (χ3n) is 2.36. The van der Waals surface area contributed by atoms with Gasteiger partial charge in [-0.15, -0.1) is 0 Å². The van der Waals surface area contributed by atoms with Crippen LogP contribution in [-0.4, -0.2) is 24.9 Å². The quantitative estimate of drug-likeness (QED) is 0.936. The molecule has 1 unspecified atom stereocenters. The highest BCUT2D eigenvalue weighted by molar-refractivity contribution is 9.10.